The van der Waals surface area contributed by atoms with Gasteiger partial charge >= 0.3 is 11.9 Å². The number of carbonyl (C=O) groups excluding carboxylic acids is 11. The zero-order chi connectivity index (χ0) is 96.8. The van der Waals surface area contributed by atoms with Crippen LogP contribution in [0.4, 0.5) is 4.39 Å². The number of morpholine rings is 1. The van der Waals surface area contributed by atoms with Crippen LogP contribution in [0.1, 0.15) is 196 Å². The number of hydrogen-bond acceptors (Lipinski definition) is 27. The molecule has 710 valence electrons. The Balaban J connectivity index is -0.000000312. The van der Waals surface area contributed by atoms with Gasteiger partial charge in [0.15, 0.2) is 23.1 Å². The Kier molecular flexibility index (Phi) is 82.4. The van der Waals surface area contributed by atoms with Gasteiger partial charge in [0.05, 0.1) is 45.1 Å². The number of Topliss-reactive ketones (excluding diaryl/α,β-unsaturated/α-hetero) is 7. The van der Waals surface area contributed by atoms with Crippen molar-refractivity contribution >= 4 is 64.2 Å². The molecular formula is C97H152FN11O18. The van der Waals surface area contributed by atoms with E-state index in [9.17, 15) is 62.2 Å². The lowest BCUT2D eigenvalue weighted by molar-refractivity contribution is -0.142. The lowest BCUT2D eigenvalue weighted by Gasteiger charge is -2.36. The Morgan fingerprint density at radius 1 is 0.575 bits per heavy atom. The van der Waals surface area contributed by atoms with Crippen molar-refractivity contribution in [1.82, 2.24) is 39.6 Å². The van der Waals surface area contributed by atoms with Gasteiger partial charge in [-0.05, 0) is 204 Å². The summed E-state index contributed by atoms with van der Waals surface area (Å²) in [6.07, 6.45) is 17.0. The zero-order valence-corrected chi connectivity index (χ0v) is 78.9. The number of nitrogens with two attached hydrogens (primary N) is 3. The number of carbonyl (C=O) groups is 11. The van der Waals surface area contributed by atoms with Crippen LogP contribution in [0.15, 0.2) is 177 Å². The van der Waals surface area contributed by atoms with E-state index in [1.807, 2.05) is 135 Å². The maximum absolute atomic E-state index is 12.4. The van der Waals surface area contributed by atoms with Crippen LogP contribution in [-0.4, -0.2) is 225 Å². The fourth-order valence-corrected chi connectivity index (χ4v) is 9.14. The first-order valence-corrected chi connectivity index (χ1v) is 41.6. The number of methoxy groups -OCH3 is 1. The molecule has 7 aromatic rings. The van der Waals surface area contributed by atoms with Crippen molar-refractivity contribution in [2.24, 2.45) is 35.0 Å². The van der Waals surface area contributed by atoms with Gasteiger partial charge in [-0.25, -0.2) is 14.4 Å². The van der Waals surface area contributed by atoms with E-state index in [0.29, 0.717) is 69.5 Å². The Morgan fingerprint density at radius 3 is 1.33 bits per heavy atom. The molecule has 29 nitrogen and oxygen atoms in total. The number of halogens is 1. The van der Waals surface area contributed by atoms with E-state index >= 15 is 0 Å². The van der Waals surface area contributed by atoms with Crippen LogP contribution in [0, 0.1) is 44.3 Å². The van der Waals surface area contributed by atoms with E-state index in [4.69, 9.17) is 41.3 Å². The number of ether oxygens (including phenoxy) is 5. The third kappa shape index (κ3) is 85.9. The molecule has 4 atom stereocenters. The predicted molar refractivity (Wildman–Crippen MR) is 499 cm³/mol. The van der Waals surface area contributed by atoms with Crippen molar-refractivity contribution in [3.63, 3.8) is 0 Å². The number of aromatic nitrogens is 5. The van der Waals surface area contributed by atoms with Crippen molar-refractivity contribution in [1.29, 1.82) is 0 Å². The number of rotatable bonds is 18. The van der Waals surface area contributed by atoms with Gasteiger partial charge in [-0.2, -0.15) is 0 Å². The summed E-state index contributed by atoms with van der Waals surface area (Å²) in [7, 11) is 3.43. The van der Waals surface area contributed by atoms with Crippen LogP contribution >= 0.6 is 0 Å². The van der Waals surface area contributed by atoms with Gasteiger partial charge in [0.25, 0.3) is 0 Å². The second kappa shape index (κ2) is 82.3. The van der Waals surface area contributed by atoms with Crippen LogP contribution in [0.5, 0.6) is 0 Å². The van der Waals surface area contributed by atoms with Crippen LogP contribution in [-0.2, 0) is 96.1 Å². The molecule has 1 aliphatic carbocycles. The first kappa shape index (κ1) is 127. The average Bonchev–Trinajstić information content (AvgIpc) is 0.853. The van der Waals surface area contributed by atoms with E-state index in [2.05, 4.69) is 75.4 Å². The van der Waals surface area contributed by atoms with Gasteiger partial charge in [-0.15, -0.1) is 0 Å². The number of aliphatic hydroxyl groups excluding tert-OH is 2. The van der Waals surface area contributed by atoms with Crippen molar-refractivity contribution < 1.29 is 91.0 Å². The zero-order valence-electron chi connectivity index (χ0n) is 78.9. The van der Waals surface area contributed by atoms with E-state index in [0.717, 1.165) is 80.7 Å². The number of piperazine rings is 1. The minimum atomic E-state index is -1.13. The number of aryl methyl sites for hydroxylation is 4. The Labute approximate surface area is 756 Å². The monoisotopic (exact) mass is 1780 g/mol. The van der Waals surface area contributed by atoms with Crippen molar-refractivity contribution in [3.05, 3.63) is 222 Å². The minimum Gasteiger partial charge on any atom is -0.469 e. The molecule has 4 unspecified atom stereocenters. The number of benzene rings is 3. The van der Waals surface area contributed by atoms with Crippen LogP contribution in [0.2, 0.25) is 0 Å². The van der Waals surface area contributed by atoms with Gasteiger partial charge in [0.2, 0.25) is 11.8 Å². The molecular weight excluding hydrogens is 1630 g/mol. The van der Waals surface area contributed by atoms with E-state index < -0.39 is 11.6 Å². The van der Waals surface area contributed by atoms with Crippen LogP contribution < -0.4 is 17.2 Å². The third-order valence-corrected chi connectivity index (χ3v) is 16.8. The van der Waals surface area contributed by atoms with Gasteiger partial charge in [-0.1, -0.05) is 133 Å². The molecule has 10 rings (SSSR count). The van der Waals surface area contributed by atoms with Crippen molar-refractivity contribution in [2.75, 3.05) is 99.5 Å². The molecule has 6 heterocycles. The van der Waals surface area contributed by atoms with Gasteiger partial charge in [-0.3, -0.25) is 67.7 Å². The Morgan fingerprint density at radius 2 is 1.03 bits per heavy atom. The number of hydrogen-bond donors (Lipinski definition) is 5. The lowest BCUT2D eigenvalue weighted by atomic mass is 9.75. The number of aliphatic hydroxyl groups is 2. The fraction of sp³-hybridized carbons (Fsp3) is 0.505. The molecule has 4 aromatic heterocycles. The number of ketones is 7. The highest BCUT2D eigenvalue weighted by Gasteiger charge is 2.31. The summed E-state index contributed by atoms with van der Waals surface area (Å²) in [4.78, 5) is 139. The van der Waals surface area contributed by atoms with Gasteiger partial charge < -0.3 is 65.8 Å². The number of amides is 2. The summed E-state index contributed by atoms with van der Waals surface area (Å²) >= 11 is 0. The fourth-order valence-electron chi connectivity index (χ4n) is 9.14. The molecule has 30 heteroatoms. The molecule has 2 aliphatic heterocycles. The van der Waals surface area contributed by atoms with Crippen LogP contribution in [0.25, 0.3) is 0 Å². The van der Waals surface area contributed by atoms with Gasteiger partial charge in [0.1, 0.15) is 61.5 Å². The number of pyridine rings is 3. The minimum absolute atomic E-state index is 0. The highest BCUT2D eigenvalue weighted by molar-refractivity contribution is 5.84. The summed E-state index contributed by atoms with van der Waals surface area (Å²) in [5.41, 5.74) is 20.6. The Bertz CT molecular complexity index is 3820. The molecule has 2 amide bonds. The smallest absolute Gasteiger partial charge is 0.302 e. The summed E-state index contributed by atoms with van der Waals surface area (Å²) in [6, 6.07) is 40.2. The third-order valence-electron chi connectivity index (χ3n) is 16.8. The molecule has 3 aliphatic rings. The molecule has 2 saturated heterocycles. The van der Waals surface area contributed by atoms with Crippen molar-refractivity contribution in [3.8, 4) is 0 Å². The van der Waals surface area contributed by atoms with E-state index in [1.165, 1.54) is 111 Å². The topological polar surface area (TPSA) is 427 Å². The molecule has 3 fully saturated rings. The molecule has 8 N–H and O–H groups in total. The summed E-state index contributed by atoms with van der Waals surface area (Å²) in [5.74, 6) is 2.23. The first-order chi connectivity index (χ1) is 59.3. The molecule has 1 saturated carbocycles. The highest BCUT2D eigenvalue weighted by atomic mass is 19.1. The van der Waals surface area contributed by atoms with E-state index in [-0.39, 0.29) is 97.2 Å². The molecule has 127 heavy (non-hydrogen) atoms. The second-order valence-corrected chi connectivity index (χ2v) is 29.8. The normalized spacial score (nSPS) is 13.7. The van der Waals surface area contributed by atoms with Crippen molar-refractivity contribution in [2.45, 2.75) is 209 Å². The second-order valence-electron chi connectivity index (χ2n) is 29.8. The standard InChI is InChI=1S/C13H24O2.C10H12O2.C9H9FO2.C9H10O2.C7H14N2O.C7H9N.C6H11NO2.2C6H7N.C5H6N2.C5H11NO.C4H9NO.C3H7NO.2C3H6O2.CH4/c1-9(2)12-6-5-10(3)7-13(12)15-8-11(4)14;1-9(11)7-12-8-10-5-3-2-4-6-10;1-6(11)9(12)7-2-4-8(10)5-3-7;1-8(10)11-7-9-5-3-2-4-6-9;1-7(10)9-5-3-8(2)4-6-9;1-2-7-4-3-5-8-6-7;1-6(8)7-2-4-9-5-3-7;1-6-3-2-4-7-5-6;1-6-4-2-3-5-7-6;1-5-6-3-2-4-7-5;1-4(7)5(2,3)6;1-4(6)2-3-5;1-3(5)2-4;1-3(4)5-2;1-3(5)2-4;/h9-10,12-13H,5-8H2,1-4H3;2-6H,7-8H2,1H3;2-5,9,12H,1H3;2-6H,7H2,1H3;3-6H2,1-2H3;3-6H,2H2,1H3;2-5H2,1H3;2*2-5H,1H3;2-4H,1H3;6H2,1-3H3;2-3,5H2,1H3;2,4H2,1H3;1-2H3;4H,2H2,1H3;1H4. The summed E-state index contributed by atoms with van der Waals surface area (Å²) < 4.78 is 37.2. The lowest BCUT2D eigenvalue weighted by Crippen LogP contribution is -2.46. The largest absolute Gasteiger partial charge is 0.469 e. The SMILES string of the molecule is C.CC(=O)C(C)(C)N.CC(=O)C(O)c1ccc(F)cc1.CC(=O)CCN.CC(=O)CN.CC(=O)CO.CC(=O)COC1CC(C)CCC1C(C)C.CC(=O)COCc1ccccc1.CC(=O)N1CCN(C)CC1.CC(=O)N1CCOCC1.CC(=O)OCc1ccccc1.CCc1cccnc1.COC(C)=O.Cc1ccccn1.Cc1cccnc1.Cc1ncccn1. The quantitative estimate of drug-likeness (QED) is 0.0498. The maximum atomic E-state index is 12.4. The van der Waals surface area contributed by atoms with Crippen LogP contribution in [0.3, 0.4) is 0 Å². The molecule has 0 bridgehead atoms. The maximum Gasteiger partial charge on any atom is 0.302 e. The highest BCUT2D eigenvalue weighted by Crippen LogP contribution is 2.35. The number of esters is 2. The summed E-state index contributed by atoms with van der Waals surface area (Å²) in [6.45, 7) is 42.8. The number of likely N-dealkylation sites (N-methyl/N-ethyl adjacent to an activating group) is 1. The molecule has 0 radical (unpaired) electrons. The average molecular weight is 1780 g/mol. The number of nitrogens with zero attached hydrogens (tertiary/aromatic N) is 8. The van der Waals surface area contributed by atoms with E-state index in [1.54, 1.807) is 76.6 Å². The van der Waals surface area contributed by atoms with Gasteiger partial charge in [0, 0.05) is 122 Å². The molecule has 3 aromatic carbocycles. The Hall–Kier alpha value is -10.7. The summed E-state index contributed by atoms with van der Waals surface area (Å²) in [5, 5.41) is 17.0. The predicted octanol–water partition coefficient (Wildman–Crippen LogP) is 13.1. The molecule has 0 spiro atoms. The first-order valence-electron chi connectivity index (χ1n) is 41.6.